The van der Waals surface area contributed by atoms with E-state index in [1.54, 1.807) is 24.1 Å². The number of hydrogen-bond acceptors (Lipinski definition) is 3. The van der Waals surface area contributed by atoms with Gasteiger partial charge in [-0.15, -0.1) is 0 Å². The molecule has 3 amide bonds. The maximum Gasteiger partial charge on any atom is 0.322 e. The number of aromatic nitrogens is 1. The number of ether oxygens (including phenoxy) is 1. The van der Waals surface area contributed by atoms with Crippen molar-refractivity contribution in [2.24, 2.45) is 13.0 Å². The van der Waals surface area contributed by atoms with Crippen molar-refractivity contribution in [3.63, 3.8) is 0 Å². The summed E-state index contributed by atoms with van der Waals surface area (Å²) in [7, 11) is 3.54. The summed E-state index contributed by atoms with van der Waals surface area (Å²) in [6, 6.07) is 10.8. The Bertz CT molecular complexity index is 862. The summed E-state index contributed by atoms with van der Waals surface area (Å²) in [5, 5.41) is 2.90. The van der Waals surface area contributed by atoms with Crippen LogP contribution in [0.3, 0.4) is 0 Å². The van der Waals surface area contributed by atoms with Crippen LogP contribution in [0.5, 0.6) is 5.75 Å². The van der Waals surface area contributed by atoms with Crippen LogP contribution in [-0.4, -0.2) is 52.5 Å². The van der Waals surface area contributed by atoms with Gasteiger partial charge in [0.15, 0.2) is 0 Å². The van der Waals surface area contributed by atoms with Gasteiger partial charge in [-0.05, 0) is 43.5 Å². The predicted molar refractivity (Wildman–Crippen MR) is 124 cm³/mol. The number of urea groups is 1. The Labute approximate surface area is 186 Å². The SMILES string of the molecule is CCC(C)N(CC(=O)N(Cc1cccn1C)CC(C)C)C(=O)Nc1ccccc1OC. The van der Waals surface area contributed by atoms with Gasteiger partial charge < -0.3 is 24.4 Å². The molecular formula is C24H36N4O3. The van der Waals surface area contributed by atoms with Crippen molar-refractivity contribution in [2.75, 3.05) is 25.5 Å². The highest BCUT2D eigenvalue weighted by Crippen LogP contribution is 2.24. The molecule has 0 saturated carbocycles. The van der Waals surface area contributed by atoms with Gasteiger partial charge in [0.05, 0.1) is 19.3 Å². The van der Waals surface area contributed by atoms with Crippen LogP contribution >= 0.6 is 0 Å². The molecule has 2 rings (SSSR count). The molecule has 0 aliphatic heterocycles. The summed E-state index contributed by atoms with van der Waals surface area (Å²) >= 11 is 0. The lowest BCUT2D eigenvalue weighted by Crippen LogP contribution is -2.48. The molecule has 1 N–H and O–H groups in total. The molecule has 1 aromatic heterocycles. The molecule has 0 fully saturated rings. The first-order valence-corrected chi connectivity index (χ1v) is 10.8. The molecule has 2 aromatic rings. The summed E-state index contributed by atoms with van der Waals surface area (Å²) in [6.45, 7) is 9.31. The molecular weight excluding hydrogens is 392 g/mol. The van der Waals surface area contributed by atoms with Gasteiger partial charge in [-0.1, -0.05) is 32.9 Å². The Morgan fingerprint density at radius 2 is 1.84 bits per heavy atom. The van der Waals surface area contributed by atoms with Gasteiger partial charge in [0.2, 0.25) is 5.91 Å². The fourth-order valence-electron chi connectivity index (χ4n) is 3.38. The third kappa shape index (κ3) is 6.77. The van der Waals surface area contributed by atoms with Crippen molar-refractivity contribution >= 4 is 17.6 Å². The Balaban J connectivity index is 2.19. The number of carbonyl (C=O) groups excluding carboxylic acids is 2. The van der Waals surface area contributed by atoms with Crippen LogP contribution in [0.15, 0.2) is 42.6 Å². The normalized spacial score (nSPS) is 11.8. The molecule has 0 radical (unpaired) electrons. The van der Waals surface area contributed by atoms with Crippen LogP contribution in [0.1, 0.15) is 39.8 Å². The van der Waals surface area contributed by atoms with E-state index in [4.69, 9.17) is 4.74 Å². The second-order valence-corrected chi connectivity index (χ2v) is 8.29. The molecule has 1 atom stereocenters. The van der Waals surface area contributed by atoms with Gasteiger partial charge in [-0.25, -0.2) is 4.79 Å². The quantitative estimate of drug-likeness (QED) is 0.612. The highest BCUT2D eigenvalue weighted by molar-refractivity contribution is 5.93. The monoisotopic (exact) mass is 428 g/mol. The third-order valence-corrected chi connectivity index (χ3v) is 5.38. The van der Waals surface area contributed by atoms with Gasteiger partial charge >= 0.3 is 6.03 Å². The van der Waals surface area contributed by atoms with Gasteiger partial charge in [0.25, 0.3) is 0 Å². The number of hydrogen-bond donors (Lipinski definition) is 1. The van der Waals surface area contributed by atoms with Crippen molar-refractivity contribution in [2.45, 2.75) is 46.7 Å². The standard InChI is InChI=1S/C24H36N4O3/c1-7-19(4)28(24(30)25-21-12-8-9-13-22(21)31-6)17-23(29)27(15-18(2)3)16-20-11-10-14-26(20)5/h8-14,18-19H,7,15-17H2,1-6H3,(H,25,30). The van der Waals surface area contributed by atoms with E-state index in [0.29, 0.717) is 30.4 Å². The average molecular weight is 429 g/mol. The maximum atomic E-state index is 13.3. The minimum Gasteiger partial charge on any atom is -0.495 e. The number of methoxy groups -OCH3 is 1. The highest BCUT2D eigenvalue weighted by atomic mass is 16.5. The molecule has 0 saturated heterocycles. The number of amides is 3. The van der Waals surface area contributed by atoms with Crippen LogP contribution < -0.4 is 10.1 Å². The Kier molecular flexibility index (Phi) is 8.97. The lowest BCUT2D eigenvalue weighted by Gasteiger charge is -2.32. The Morgan fingerprint density at radius 3 is 2.42 bits per heavy atom. The van der Waals surface area contributed by atoms with Crippen molar-refractivity contribution in [3.8, 4) is 5.75 Å². The number of aryl methyl sites for hydroxylation is 1. The van der Waals surface area contributed by atoms with Gasteiger partial charge in [-0.3, -0.25) is 4.79 Å². The molecule has 7 nitrogen and oxygen atoms in total. The molecule has 0 bridgehead atoms. The fraction of sp³-hybridized carbons (Fsp3) is 0.500. The van der Waals surface area contributed by atoms with E-state index >= 15 is 0 Å². The molecule has 1 aromatic carbocycles. The van der Waals surface area contributed by atoms with Crippen LogP contribution in [0.4, 0.5) is 10.5 Å². The van der Waals surface area contributed by atoms with Crippen molar-refractivity contribution in [1.29, 1.82) is 0 Å². The number of benzene rings is 1. The Morgan fingerprint density at radius 1 is 1.13 bits per heavy atom. The number of para-hydroxylation sites is 2. The molecule has 1 heterocycles. The lowest BCUT2D eigenvalue weighted by molar-refractivity contribution is -0.133. The van der Waals surface area contributed by atoms with Crippen molar-refractivity contribution in [3.05, 3.63) is 48.3 Å². The number of nitrogens with zero attached hydrogens (tertiary/aromatic N) is 3. The number of rotatable bonds is 10. The molecule has 1 unspecified atom stereocenters. The molecule has 31 heavy (non-hydrogen) atoms. The fourth-order valence-corrected chi connectivity index (χ4v) is 3.38. The van der Waals surface area contributed by atoms with E-state index in [-0.39, 0.29) is 24.5 Å². The predicted octanol–water partition coefficient (Wildman–Crippen LogP) is 4.35. The molecule has 0 aliphatic carbocycles. The summed E-state index contributed by atoms with van der Waals surface area (Å²) in [5.74, 6) is 0.838. The zero-order valence-electron chi connectivity index (χ0n) is 19.6. The molecule has 7 heteroatoms. The summed E-state index contributed by atoms with van der Waals surface area (Å²) < 4.78 is 7.35. The summed E-state index contributed by atoms with van der Waals surface area (Å²) in [4.78, 5) is 29.9. The topological polar surface area (TPSA) is 66.8 Å². The van der Waals surface area contributed by atoms with E-state index in [0.717, 1.165) is 12.1 Å². The highest BCUT2D eigenvalue weighted by Gasteiger charge is 2.26. The second kappa shape index (κ2) is 11.4. The largest absolute Gasteiger partial charge is 0.495 e. The van der Waals surface area contributed by atoms with E-state index in [1.165, 1.54) is 0 Å². The number of anilines is 1. The summed E-state index contributed by atoms with van der Waals surface area (Å²) in [6.07, 6.45) is 2.72. The van der Waals surface area contributed by atoms with E-state index in [9.17, 15) is 9.59 Å². The first-order valence-electron chi connectivity index (χ1n) is 10.8. The van der Waals surface area contributed by atoms with Crippen molar-refractivity contribution < 1.29 is 14.3 Å². The Hall–Kier alpha value is -2.96. The molecule has 0 spiro atoms. The second-order valence-electron chi connectivity index (χ2n) is 8.29. The van der Waals surface area contributed by atoms with Crippen molar-refractivity contribution in [1.82, 2.24) is 14.4 Å². The maximum absolute atomic E-state index is 13.3. The molecule has 170 valence electrons. The first kappa shape index (κ1) is 24.3. The smallest absolute Gasteiger partial charge is 0.322 e. The molecule has 0 aliphatic rings. The number of nitrogens with one attached hydrogen (secondary N) is 1. The van der Waals surface area contributed by atoms with E-state index < -0.39 is 0 Å². The van der Waals surface area contributed by atoms with Crippen LogP contribution in [0, 0.1) is 5.92 Å². The van der Waals surface area contributed by atoms with Crippen LogP contribution in [0.25, 0.3) is 0 Å². The number of carbonyl (C=O) groups is 2. The summed E-state index contributed by atoms with van der Waals surface area (Å²) in [5.41, 5.74) is 1.64. The van der Waals surface area contributed by atoms with E-state index in [2.05, 4.69) is 19.2 Å². The van der Waals surface area contributed by atoms with E-state index in [1.807, 2.05) is 60.8 Å². The van der Waals surface area contributed by atoms with Crippen LogP contribution in [0.2, 0.25) is 0 Å². The zero-order valence-corrected chi connectivity index (χ0v) is 19.6. The minimum absolute atomic E-state index is 0.0210. The lowest BCUT2D eigenvalue weighted by atomic mass is 10.2. The third-order valence-electron chi connectivity index (χ3n) is 5.38. The minimum atomic E-state index is -0.310. The first-order chi connectivity index (χ1) is 14.8. The zero-order chi connectivity index (χ0) is 23.0. The van der Waals surface area contributed by atoms with Gasteiger partial charge in [-0.2, -0.15) is 0 Å². The van der Waals surface area contributed by atoms with Gasteiger partial charge in [0.1, 0.15) is 12.3 Å². The average Bonchev–Trinajstić information content (AvgIpc) is 3.15. The van der Waals surface area contributed by atoms with Crippen LogP contribution in [-0.2, 0) is 18.4 Å². The van der Waals surface area contributed by atoms with Gasteiger partial charge in [0, 0.05) is 31.5 Å².